The molecule has 0 saturated carbocycles. The number of aryl methyl sites for hydroxylation is 1. The number of carbonyl (C=O) groups excluding carboxylic acids is 2. The van der Waals surface area contributed by atoms with E-state index in [1.165, 1.54) is 18.2 Å². The molecule has 1 atom stereocenters. The number of rotatable bonds is 5. The molecule has 0 aliphatic rings. The van der Waals surface area contributed by atoms with Gasteiger partial charge in [-0.2, -0.15) is 13.2 Å². The smallest absolute Gasteiger partial charge is 0.441 e. The lowest BCUT2D eigenvalue weighted by Crippen LogP contribution is -2.69. The number of amides is 1. The molecular weight excluding hydrogens is 387 g/mol. The van der Waals surface area contributed by atoms with Gasteiger partial charge in [0.15, 0.2) is 0 Å². The van der Waals surface area contributed by atoms with Crippen molar-refractivity contribution in [1.82, 2.24) is 10.3 Å². The van der Waals surface area contributed by atoms with Crippen molar-refractivity contribution in [2.24, 2.45) is 0 Å². The highest BCUT2D eigenvalue weighted by Gasteiger charge is 2.63. The lowest BCUT2D eigenvalue weighted by atomic mass is 10.1. The Kier molecular flexibility index (Phi) is 5.94. The van der Waals surface area contributed by atoms with E-state index < -0.39 is 23.7 Å². The van der Waals surface area contributed by atoms with Crippen LogP contribution in [0.1, 0.15) is 15.9 Å². The van der Waals surface area contributed by atoms with Gasteiger partial charge in [0.05, 0.1) is 12.1 Å². The first kappa shape index (κ1) is 20.5. The fourth-order valence-corrected chi connectivity index (χ4v) is 2.24. The first-order valence-corrected chi connectivity index (χ1v) is 7.91. The molecule has 10 heteroatoms. The van der Waals surface area contributed by atoms with E-state index in [0.29, 0.717) is 0 Å². The molecule has 1 amide bonds. The highest BCUT2D eigenvalue weighted by molar-refractivity contribution is 6.30. The summed E-state index contributed by atoms with van der Waals surface area (Å²) in [6.07, 6.45) is -4.16. The second-order valence-corrected chi connectivity index (χ2v) is 5.98. The summed E-state index contributed by atoms with van der Waals surface area (Å²) in [4.78, 5) is 28.2. The van der Waals surface area contributed by atoms with Crippen molar-refractivity contribution >= 4 is 29.3 Å². The Labute approximate surface area is 157 Å². The van der Waals surface area contributed by atoms with Crippen LogP contribution in [0.2, 0.25) is 5.02 Å². The summed E-state index contributed by atoms with van der Waals surface area (Å²) in [6, 6.07) is 8.18. The summed E-state index contributed by atoms with van der Waals surface area (Å²) in [5.41, 5.74) is -2.81. The third-order valence-corrected chi connectivity index (χ3v) is 3.80. The van der Waals surface area contributed by atoms with E-state index in [-0.39, 0.29) is 16.4 Å². The highest BCUT2D eigenvalue weighted by atomic mass is 35.5. The van der Waals surface area contributed by atoms with Crippen molar-refractivity contribution in [2.75, 3.05) is 12.4 Å². The van der Waals surface area contributed by atoms with Gasteiger partial charge in [-0.3, -0.25) is 4.79 Å². The summed E-state index contributed by atoms with van der Waals surface area (Å²) < 4.78 is 46.0. The summed E-state index contributed by atoms with van der Waals surface area (Å²) >= 11 is 5.67. The highest BCUT2D eigenvalue weighted by Crippen LogP contribution is 2.33. The second-order valence-electron chi connectivity index (χ2n) is 5.55. The van der Waals surface area contributed by atoms with Gasteiger partial charge in [0.2, 0.25) is 0 Å². The maximum absolute atomic E-state index is 13.9. The number of benzene rings is 1. The van der Waals surface area contributed by atoms with Crippen LogP contribution in [0.4, 0.5) is 19.0 Å². The van der Waals surface area contributed by atoms with Crippen molar-refractivity contribution in [3.8, 4) is 0 Å². The Morgan fingerprint density at radius 3 is 2.22 bits per heavy atom. The van der Waals surface area contributed by atoms with E-state index >= 15 is 0 Å². The summed E-state index contributed by atoms with van der Waals surface area (Å²) in [6.45, 7) is 1.75. The van der Waals surface area contributed by atoms with E-state index in [0.717, 1.165) is 24.9 Å². The normalized spacial score (nSPS) is 13.4. The van der Waals surface area contributed by atoms with Crippen molar-refractivity contribution in [3.05, 3.63) is 58.7 Å². The van der Waals surface area contributed by atoms with Crippen LogP contribution in [0.3, 0.4) is 0 Å². The SMILES string of the molecule is COC(=O)[C@](NC(=O)c1ccc(C)cc1)(Nc1ccc(Cl)cn1)C(F)(F)F. The number of pyridine rings is 1. The molecule has 0 radical (unpaired) electrons. The van der Waals surface area contributed by atoms with E-state index in [4.69, 9.17) is 11.6 Å². The molecular formula is C17H15ClF3N3O3. The molecule has 0 spiro atoms. The number of nitrogens with zero attached hydrogens (tertiary/aromatic N) is 1. The lowest BCUT2D eigenvalue weighted by Gasteiger charge is -2.34. The zero-order chi connectivity index (χ0) is 20.2. The predicted octanol–water partition coefficient (Wildman–Crippen LogP) is 3.32. The number of alkyl halides is 3. The molecule has 144 valence electrons. The van der Waals surface area contributed by atoms with Crippen LogP contribution in [0.25, 0.3) is 0 Å². The van der Waals surface area contributed by atoms with E-state index in [1.54, 1.807) is 24.4 Å². The van der Waals surface area contributed by atoms with Gasteiger partial charge in [-0.1, -0.05) is 29.3 Å². The fraction of sp³-hybridized carbons (Fsp3) is 0.235. The van der Waals surface area contributed by atoms with Gasteiger partial charge >= 0.3 is 17.8 Å². The molecule has 1 heterocycles. The van der Waals surface area contributed by atoms with Crippen LogP contribution in [-0.2, 0) is 9.53 Å². The molecule has 0 aliphatic carbocycles. The number of carbonyl (C=O) groups is 2. The number of ether oxygens (including phenoxy) is 1. The monoisotopic (exact) mass is 401 g/mol. The number of hydrogen-bond acceptors (Lipinski definition) is 5. The minimum Gasteiger partial charge on any atom is -0.466 e. The number of hydrogen-bond donors (Lipinski definition) is 2. The zero-order valence-electron chi connectivity index (χ0n) is 14.2. The Bertz CT molecular complexity index is 826. The molecule has 2 N–H and O–H groups in total. The van der Waals surface area contributed by atoms with Crippen LogP contribution in [0, 0.1) is 6.92 Å². The molecule has 0 aliphatic heterocycles. The second kappa shape index (κ2) is 7.83. The molecule has 27 heavy (non-hydrogen) atoms. The number of nitrogens with one attached hydrogen (secondary N) is 2. The molecule has 2 rings (SSSR count). The molecule has 2 aromatic rings. The van der Waals surface area contributed by atoms with Crippen molar-refractivity contribution in [3.63, 3.8) is 0 Å². The van der Waals surface area contributed by atoms with Gasteiger partial charge in [-0.05, 0) is 31.2 Å². The van der Waals surface area contributed by atoms with Crippen LogP contribution in [-0.4, -0.2) is 35.8 Å². The molecule has 0 unspecified atom stereocenters. The van der Waals surface area contributed by atoms with Gasteiger partial charge in [0.25, 0.3) is 5.91 Å². The van der Waals surface area contributed by atoms with Crippen LogP contribution < -0.4 is 10.6 Å². The number of esters is 1. The molecule has 1 aromatic heterocycles. The van der Waals surface area contributed by atoms with Crippen molar-refractivity contribution < 1.29 is 27.5 Å². The third-order valence-electron chi connectivity index (χ3n) is 3.57. The average molecular weight is 402 g/mol. The van der Waals surface area contributed by atoms with Gasteiger partial charge in [-0.15, -0.1) is 0 Å². The fourth-order valence-electron chi connectivity index (χ4n) is 2.13. The number of methoxy groups -OCH3 is 1. The largest absolute Gasteiger partial charge is 0.466 e. The van der Waals surface area contributed by atoms with E-state index in [9.17, 15) is 22.8 Å². The van der Waals surface area contributed by atoms with Crippen molar-refractivity contribution in [1.29, 1.82) is 0 Å². The van der Waals surface area contributed by atoms with Gasteiger partial charge in [0, 0.05) is 11.8 Å². The molecule has 1 aromatic carbocycles. The third kappa shape index (κ3) is 4.48. The Balaban J connectivity index is 2.46. The van der Waals surface area contributed by atoms with Crippen molar-refractivity contribution in [2.45, 2.75) is 18.8 Å². The van der Waals surface area contributed by atoms with E-state index in [1.807, 2.05) is 5.32 Å². The van der Waals surface area contributed by atoms with E-state index in [2.05, 4.69) is 9.72 Å². The molecule has 6 nitrogen and oxygen atoms in total. The Hall–Kier alpha value is -2.81. The molecule has 0 saturated heterocycles. The Morgan fingerprint density at radius 1 is 1.11 bits per heavy atom. The minimum atomic E-state index is -5.25. The lowest BCUT2D eigenvalue weighted by molar-refractivity contribution is -0.203. The summed E-state index contributed by atoms with van der Waals surface area (Å²) in [5.74, 6) is -3.22. The maximum atomic E-state index is 13.9. The molecule has 0 bridgehead atoms. The summed E-state index contributed by atoms with van der Waals surface area (Å²) in [7, 11) is 0.776. The van der Waals surface area contributed by atoms with Gasteiger partial charge in [-0.25, -0.2) is 9.78 Å². The van der Waals surface area contributed by atoms with Gasteiger partial charge in [0.1, 0.15) is 5.82 Å². The minimum absolute atomic E-state index is 0.0657. The quantitative estimate of drug-likeness (QED) is 0.593. The number of halogens is 4. The first-order valence-electron chi connectivity index (χ1n) is 7.53. The van der Waals surface area contributed by atoms with Gasteiger partial charge < -0.3 is 15.4 Å². The number of aromatic nitrogens is 1. The average Bonchev–Trinajstić information content (AvgIpc) is 2.61. The number of anilines is 1. The Morgan fingerprint density at radius 2 is 1.74 bits per heavy atom. The standard InChI is InChI=1S/C17H15ClF3N3O3/c1-10-3-5-11(6-4-10)14(25)24-16(15(26)27-2,17(19,20)21)23-13-8-7-12(18)9-22-13/h3-9H,1-2H3,(H,22,23)(H,24,25)/t16-/m1/s1. The summed E-state index contributed by atoms with van der Waals surface area (Å²) in [5, 5.41) is 3.80. The molecule has 0 fully saturated rings. The topological polar surface area (TPSA) is 80.3 Å². The zero-order valence-corrected chi connectivity index (χ0v) is 15.0. The van der Waals surface area contributed by atoms with Crippen LogP contribution in [0.15, 0.2) is 42.6 Å². The maximum Gasteiger partial charge on any atom is 0.441 e. The predicted molar refractivity (Wildman–Crippen MR) is 92.3 cm³/mol. The van der Waals surface area contributed by atoms with Crippen LogP contribution in [0.5, 0.6) is 0 Å². The first-order chi connectivity index (χ1) is 12.6. The van der Waals surface area contributed by atoms with Crippen LogP contribution >= 0.6 is 11.6 Å².